The highest BCUT2D eigenvalue weighted by Gasteiger charge is 2.27. The van der Waals surface area contributed by atoms with Crippen LogP contribution in [0.4, 0.5) is 0 Å². The van der Waals surface area contributed by atoms with Crippen molar-refractivity contribution in [1.29, 1.82) is 0 Å². The molecule has 1 N–H and O–H groups in total. The molecule has 0 saturated carbocycles. The lowest BCUT2D eigenvalue weighted by Crippen LogP contribution is -2.54. The molecule has 3 rings (SSSR count). The highest BCUT2D eigenvalue weighted by Crippen LogP contribution is 2.27. The van der Waals surface area contributed by atoms with E-state index in [1.54, 1.807) is 18.2 Å². The van der Waals surface area contributed by atoms with E-state index in [4.69, 9.17) is 4.74 Å². The van der Waals surface area contributed by atoms with Crippen molar-refractivity contribution in [3.8, 4) is 5.75 Å². The summed E-state index contributed by atoms with van der Waals surface area (Å²) in [6, 6.07) is 5.34. The Kier molecular flexibility index (Phi) is 5.68. The molecular weight excluding hydrogens is 338 g/mol. The first-order valence-electron chi connectivity index (χ1n) is 9.05. The lowest BCUT2D eigenvalue weighted by atomic mass is 10.0. The van der Waals surface area contributed by atoms with Crippen molar-refractivity contribution in [2.24, 2.45) is 5.92 Å². The first-order valence-corrected chi connectivity index (χ1v) is 10.5. The van der Waals surface area contributed by atoms with Crippen LogP contribution in [-0.2, 0) is 16.4 Å². The first-order chi connectivity index (χ1) is 11.9. The first kappa shape index (κ1) is 18.6. The molecule has 0 amide bonds. The van der Waals surface area contributed by atoms with E-state index < -0.39 is 10.0 Å². The Morgan fingerprint density at radius 2 is 1.92 bits per heavy atom. The molecule has 1 saturated heterocycles. The van der Waals surface area contributed by atoms with Crippen LogP contribution in [0.2, 0.25) is 0 Å². The highest BCUT2D eigenvalue weighted by atomic mass is 32.2. The van der Waals surface area contributed by atoms with Gasteiger partial charge in [0, 0.05) is 45.2 Å². The van der Waals surface area contributed by atoms with Crippen LogP contribution < -0.4 is 9.46 Å². The fraction of sp³-hybridized carbons (Fsp3) is 0.667. The van der Waals surface area contributed by atoms with Gasteiger partial charge in [0.05, 0.1) is 11.5 Å². The van der Waals surface area contributed by atoms with Crippen LogP contribution in [-0.4, -0.2) is 70.6 Å². The van der Waals surface area contributed by atoms with Gasteiger partial charge < -0.3 is 9.64 Å². The van der Waals surface area contributed by atoms with E-state index >= 15 is 0 Å². The van der Waals surface area contributed by atoms with Gasteiger partial charge in [0.1, 0.15) is 5.75 Å². The summed E-state index contributed by atoms with van der Waals surface area (Å²) in [4.78, 5) is 5.05. The third-order valence-electron chi connectivity index (χ3n) is 5.23. The van der Waals surface area contributed by atoms with Gasteiger partial charge in [-0.25, -0.2) is 13.1 Å². The van der Waals surface area contributed by atoms with Crippen molar-refractivity contribution in [1.82, 2.24) is 14.5 Å². The fourth-order valence-corrected chi connectivity index (χ4v) is 4.65. The SMILES string of the molecule is CC(C)C(CNS(=O)(=O)c1ccc2c(c1)CCO2)N1CCN(C)CC1. The van der Waals surface area contributed by atoms with Crippen molar-refractivity contribution >= 4 is 10.0 Å². The zero-order chi connectivity index (χ0) is 18.0. The van der Waals surface area contributed by atoms with Gasteiger partial charge in [0.25, 0.3) is 0 Å². The van der Waals surface area contributed by atoms with E-state index in [9.17, 15) is 8.42 Å². The Labute approximate surface area is 151 Å². The molecule has 0 bridgehead atoms. The molecule has 25 heavy (non-hydrogen) atoms. The Balaban J connectivity index is 1.67. The van der Waals surface area contributed by atoms with Gasteiger partial charge in [-0.05, 0) is 36.7 Å². The maximum absolute atomic E-state index is 12.7. The normalized spacial score (nSPS) is 20.5. The summed E-state index contributed by atoms with van der Waals surface area (Å²) in [7, 11) is -1.38. The quantitative estimate of drug-likeness (QED) is 0.818. The lowest BCUT2D eigenvalue weighted by molar-refractivity contribution is 0.0905. The third-order valence-corrected chi connectivity index (χ3v) is 6.65. The Morgan fingerprint density at radius 3 is 2.60 bits per heavy atom. The predicted molar refractivity (Wildman–Crippen MR) is 98.5 cm³/mol. The molecule has 1 fully saturated rings. The smallest absolute Gasteiger partial charge is 0.240 e. The maximum atomic E-state index is 12.7. The topological polar surface area (TPSA) is 61.9 Å². The number of sulfonamides is 1. The summed E-state index contributed by atoms with van der Waals surface area (Å²) >= 11 is 0. The van der Waals surface area contributed by atoms with E-state index in [1.165, 1.54) is 0 Å². The molecule has 2 aliphatic heterocycles. The van der Waals surface area contributed by atoms with Crippen molar-refractivity contribution in [2.75, 3.05) is 46.4 Å². The summed E-state index contributed by atoms with van der Waals surface area (Å²) in [6.07, 6.45) is 0.772. The minimum atomic E-state index is -3.50. The zero-order valence-electron chi connectivity index (χ0n) is 15.4. The molecule has 2 heterocycles. The van der Waals surface area contributed by atoms with Crippen LogP contribution in [0.3, 0.4) is 0 Å². The number of piperazine rings is 1. The molecule has 0 spiro atoms. The molecule has 1 aromatic carbocycles. The Hall–Kier alpha value is -1.15. The van der Waals surface area contributed by atoms with Crippen LogP contribution in [0.15, 0.2) is 23.1 Å². The van der Waals surface area contributed by atoms with Gasteiger partial charge in [0.2, 0.25) is 10.0 Å². The number of fused-ring (bicyclic) bond motifs is 1. The number of hydrogen-bond donors (Lipinski definition) is 1. The summed E-state index contributed by atoms with van der Waals surface area (Å²) in [5.41, 5.74) is 0.974. The molecular formula is C18H29N3O3S. The average Bonchev–Trinajstić information content (AvgIpc) is 3.04. The number of hydrogen-bond acceptors (Lipinski definition) is 5. The second-order valence-electron chi connectivity index (χ2n) is 7.37. The van der Waals surface area contributed by atoms with Gasteiger partial charge in [-0.3, -0.25) is 4.90 Å². The van der Waals surface area contributed by atoms with E-state index in [0.29, 0.717) is 24.0 Å². The van der Waals surface area contributed by atoms with E-state index in [0.717, 1.165) is 43.9 Å². The number of nitrogens with zero attached hydrogens (tertiary/aromatic N) is 2. The second-order valence-corrected chi connectivity index (χ2v) is 9.14. The molecule has 0 aromatic heterocycles. The lowest BCUT2D eigenvalue weighted by Gasteiger charge is -2.39. The maximum Gasteiger partial charge on any atom is 0.240 e. The number of nitrogens with one attached hydrogen (secondary N) is 1. The van der Waals surface area contributed by atoms with E-state index in [-0.39, 0.29) is 6.04 Å². The van der Waals surface area contributed by atoms with Gasteiger partial charge in [-0.2, -0.15) is 0 Å². The molecule has 1 atom stereocenters. The standard InChI is InChI=1S/C18H29N3O3S/c1-14(2)17(21-9-7-20(3)8-10-21)13-19-25(22,23)16-4-5-18-15(12-16)6-11-24-18/h4-5,12,14,17,19H,6-11,13H2,1-3H3. The monoisotopic (exact) mass is 367 g/mol. The Morgan fingerprint density at radius 1 is 1.20 bits per heavy atom. The molecule has 1 aromatic rings. The zero-order valence-corrected chi connectivity index (χ0v) is 16.2. The van der Waals surface area contributed by atoms with Crippen LogP contribution in [0.1, 0.15) is 19.4 Å². The van der Waals surface area contributed by atoms with Gasteiger partial charge >= 0.3 is 0 Å². The summed E-state index contributed by atoms with van der Waals surface area (Å²) in [6.45, 7) is 9.41. The van der Waals surface area contributed by atoms with Crippen LogP contribution in [0.25, 0.3) is 0 Å². The number of ether oxygens (including phenoxy) is 1. The fourth-order valence-electron chi connectivity index (χ4n) is 3.55. The number of benzene rings is 1. The highest BCUT2D eigenvalue weighted by molar-refractivity contribution is 7.89. The van der Waals surface area contributed by atoms with Gasteiger partial charge in [-0.15, -0.1) is 0 Å². The number of likely N-dealkylation sites (N-methyl/N-ethyl adjacent to an activating group) is 1. The summed E-state index contributed by atoms with van der Waals surface area (Å²) < 4.78 is 33.7. The van der Waals surface area contributed by atoms with Crippen molar-refractivity contribution in [3.63, 3.8) is 0 Å². The van der Waals surface area contributed by atoms with Crippen molar-refractivity contribution in [2.45, 2.75) is 31.2 Å². The van der Waals surface area contributed by atoms with Crippen molar-refractivity contribution in [3.05, 3.63) is 23.8 Å². The molecule has 7 heteroatoms. The average molecular weight is 368 g/mol. The van der Waals surface area contributed by atoms with E-state index in [1.807, 2.05) is 0 Å². The summed E-state index contributed by atoms with van der Waals surface area (Å²) in [5, 5.41) is 0. The minimum absolute atomic E-state index is 0.209. The second kappa shape index (κ2) is 7.61. The van der Waals surface area contributed by atoms with Crippen LogP contribution >= 0.6 is 0 Å². The largest absolute Gasteiger partial charge is 0.493 e. The predicted octanol–water partition coefficient (Wildman–Crippen LogP) is 1.17. The van der Waals surface area contributed by atoms with Crippen LogP contribution in [0.5, 0.6) is 5.75 Å². The molecule has 1 unspecified atom stereocenters. The Bertz CT molecular complexity index is 698. The van der Waals surface area contributed by atoms with E-state index in [2.05, 4.69) is 35.4 Å². The van der Waals surface area contributed by atoms with Crippen molar-refractivity contribution < 1.29 is 13.2 Å². The number of rotatable bonds is 6. The molecule has 0 radical (unpaired) electrons. The third kappa shape index (κ3) is 4.34. The molecule has 2 aliphatic rings. The molecule has 0 aliphatic carbocycles. The van der Waals surface area contributed by atoms with Gasteiger partial charge in [0.15, 0.2) is 0 Å². The van der Waals surface area contributed by atoms with Crippen LogP contribution in [0, 0.1) is 5.92 Å². The minimum Gasteiger partial charge on any atom is -0.493 e. The molecule has 140 valence electrons. The van der Waals surface area contributed by atoms with Gasteiger partial charge in [-0.1, -0.05) is 13.8 Å². The molecule has 6 nitrogen and oxygen atoms in total. The summed E-state index contributed by atoms with van der Waals surface area (Å²) in [5.74, 6) is 1.19.